The molecule has 0 aliphatic rings. The Balaban J connectivity index is 2.20. The molecule has 0 saturated carbocycles. The lowest BCUT2D eigenvalue weighted by atomic mass is 10.2. The number of hydrogen-bond donors (Lipinski definition) is 2. The maximum Gasteiger partial charge on any atom is 0.243 e. The predicted molar refractivity (Wildman–Crippen MR) is 109 cm³/mol. The molecule has 0 bridgehead atoms. The number of anilines is 2. The molecule has 10 heteroatoms. The van der Waals surface area contributed by atoms with Gasteiger partial charge in [0, 0.05) is 30.1 Å². The molecule has 2 aromatic carbocycles. The van der Waals surface area contributed by atoms with Crippen molar-refractivity contribution in [3.05, 3.63) is 30.3 Å². The minimum atomic E-state index is -3.57. The first-order chi connectivity index (χ1) is 13.7. The van der Waals surface area contributed by atoms with E-state index in [0.717, 1.165) is 6.26 Å². The first kappa shape index (κ1) is 22.2. The molecule has 0 aromatic heterocycles. The van der Waals surface area contributed by atoms with Crippen molar-refractivity contribution in [1.82, 2.24) is 0 Å². The fourth-order valence-corrected chi connectivity index (χ4v) is 3.47. The van der Waals surface area contributed by atoms with Crippen molar-refractivity contribution in [2.75, 3.05) is 51.9 Å². The zero-order chi connectivity index (χ0) is 21.6. The number of carbonyl (C=O) groups is 1. The van der Waals surface area contributed by atoms with Crippen LogP contribution in [0, 0.1) is 0 Å². The van der Waals surface area contributed by atoms with Gasteiger partial charge in [0.15, 0.2) is 27.1 Å². The van der Waals surface area contributed by atoms with E-state index in [1.165, 1.54) is 34.5 Å². The van der Waals surface area contributed by atoms with Crippen molar-refractivity contribution in [2.45, 2.75) is 4.90 Å². The summed E-state index contributed by atoms with van der Waals surface area (Å²) in [5.74, 6) is 1.08. The zero-order valence-corrected chi connectivity index (χ0v) is 17.7. The van der Waals surface area contributed by atoms with Gasteiger partial charge in [0.1, 0.15) is 10.6 Å². The van der Waals surface area contributed by atoms with E-state index in [0.29, 0.717) is 28.6 Å². The molecule has 0 spiro atoms. The Morgan fingerprint density at radius 1 is 0.931 bits per heavy atom. The molecular weight excluding hydrogens is 400 g/mol. The van der Waals surface area contributed by atoms with Crippen LogP contribution in [0.15, 0.2) is 35.2 Å². The maximum absolute atomic E-state index is 12.3. The van der Waals surface area contributed by atoms with E-state index in [9.17, 15) is 13.2 Å². The SMILES string of the molecule is COc1cc(NCC(=O)Nc2ccc(OC)c(OC)c2)c(OC)c(S(C)(=O)=O)c1. The first-order valence-electron chi connectivity index (χ1n) is 8.45. The number of carbonyl (C=O) groups excluding carboxylic acids is 1. The quantitative estimate of drug-likeness (QED) is 0.630. The van der Waals surface area contributed by atoms with Crippen molar-refractivity contribution in [1.29, 1.82) is 0 Å². The Bertz CT molecular complexity index is 990. The first-order valence-corrected chi connectivity index (χ1v) is 10.3. The van der Waals surface area contributed by atoms with Crippen LogP contribution in [0.3, 0.4) is 0 Å². The van der Waals surface area contributed by atoms with Gasteiger partial charge in [-0.3, -0.25) is 4.79 Å². The fraction of sp³-hybridized carbons (Fsp3) is 0.316. The Hall–Kier alpha value is -3.14. The number of methoxy groups -OCH3 is 4. The molecule has 158 valence electrons. The highest BCUT2D eigenvalue weighted by molar-refractivity contribution is 7.90. The summed E-state index contributed by atoms with van der Waals surface area (Å²) in [6.45, 7) is -0.138. The molecule has 1 amide bonds. The average Bonchev–Trinajstić information content (AvgIpc) is 2.70. The summed E-state index contributed by atoms with van der Waals surface area (Å²) in [6, 6.07) is 7.89. The molecular formula is C19H24N2O7S. The maximum atomic E-state index is 12.3. The Labute approximate surface area is 169 Å². The van der Waals surface area contributed by atoms with Gasteiger partial charge < -0.3 is 29.6 Å². The molecule has 0 aliphatic heterocycles. The number of rotatable bonds is 9. The number of hydrogen-bond acceptors (Lipinski definition) is 8. The summed E-state index contributed by atoms with van der Waals surface area (Å²) >= 11 is 0. The monoisotopic (exact) mass is 424 g/mol. The summed E-state index contributed by atoms with van der Waals surface area (Å²) in [5, 5.41) is 5.61. The molecule has 0 unspecified atom stereocenters. The van der Waals surface area contributed by atoms with Crippen LogP contribution in [-0.4, -0.2) is 55.6 Å². The lowest BCUT2D eigenvalue weighted by molar-refractivity contribution is -0.114. The molecule has 0 atom stereocenters. The Kier molecular flexibility index (Phi) is 7.16. The van der Waals surface area contributed by atoms with E-state index in [2.05, 4.69) is 10.6 Å². The average molecular weight is 424 g/mol. The van der Waals surface area contributed by atoms with E-state index in [1.54, 1.807) is 24.3 Å². The Morgan fingerprint density at radius 3 is 2.17 bits per heavy atom. The van der Waals surface area contributed by atoms with Gasteiger partial charge in [-0.05, 0) is 12.1 Å². The molecule has 0 fully saturated rings. The normalized spacial score (nSPS) is 10.8. The minimum Gasteiger partial charge on any atom is -0.497 e. The van der Waals surface area contributed by atoms with Crippen LogP contribution in [0.25, 0.3) is 0 Å². The highest BCUT2D eigenvalue weighted by atomic mass is 32.2. The summed E-state index contributed by atoms with van der Waals surface area (Å²) in [6.07, 6.45) is 1.07. The minimum absolute atomic E-state index is 0.0397. The van der Waals surface area contributed by atoms with E-state index in [1.807, 2.05) is 0 Å². The van der Waals surface area contributed by atoms with Crippen LogP contribution in [0.5, 0.6) is 23.0 Å². The highest BCUT2D eigenvalue weighted by Gasteiger charge is 2.20. The smallest absolute Gasteiger partial charge is 0.243 e. The molecule has 2 aromatic rings. The lowest BCUT2D eigenvalue weighted by Crippen LogP contribution is -2.22. The zero-order valence-electron chi connectivity index (χ0n) is 16.9. The van der Waals surface area contributed by atoms with Gasteiger partial charge in [-0.25, -0.2) is 8.42 Å². The standard InChI is InChI=1S/C19H24N2O7S/c1-25-13-9-14(19(28-4)17(10-13)29(5,23)24)20-11-18(22)21-12-6-7-15(26-2)16(8-12)27-3/h6-10,20H,11H2,1-5H3,(H,21,22). The highest BCUT2D eigenvalue weighted by Crippen LogP contribution is 2.36. The molecule has 0 saturated heterocycles. The van der Waals surface area contributed by atoms with E-state index in [-0.39, 0.29) is 23.1 Å². The summed E-state index contributed by atoms with van der Waals surface area (Å²) in [4.78, 5) is 12.3. The van der Waals surface area contributed by atoms with Crippen LogP contribution in [0.1, 0.15) is 0 Å². The van der Waals surface area contributed by atoms with Gasteiger partial charge in [-0.15, -0.1) is 0 Å². The van der Waals surface area contributed by atoms with Gasteiger partial charge in [0.05, 0.1) is 40.7 Å². The molecule has 0 heterocycles. The van der Waals surface area contributed by atoms with Crippen LogP contribution in [0.4, 0.5) is 11.4 Å². The summed E-state index contributed by atoms with van der Waals surface area (Å²) in [5.41, 5.74) is 0.832. The van der Waals surface area contributed by atoms with Crippen molar-refractivity contribution >= 4 is 27.1 Å². The second-order valence-electron chi connectivity index (χ2n) is 5.95. The third kappa shape index (κ3) is 5.44. The van der Waals surface area contributed by atoms with Gasteiger partial charge in [0.25, 0.3) is 0 Å². The molecule has 2 rings (SSSR count). The van der Waals surface area contributed by atoms with Gasteiger partial charge >= 0.3 is 0 Å². The van der Waals surface area contributed by atoms with E-state index in [4.69, 9.17) is 18.9 Å². The van der Waals surface area contributed by atoms with Crippen molar-refractivity contribution in [3.63, 3.8) is 0 Å². The number of sulfone groups is 1. The number of nitrogens with one attached hydrogen (secondary N) is 2. The number of ether oxygens (including phenoxy) is 4. The predicted octanol–water partition coefficient (Wildman–Crippen LogP) is 2.18. The van der Waals surface area contributed by atoms with Gasteiger partial charge in [-0.2, -0.15) is 0 Å². The fourth-order valence-electron chi connectivity index (χ4n) is 2.61. The molecule has 2 N–H and O–H groups in total. The molecule has 0 radical (unpaired) electrons. The molecule has 9 nitrogen and oxygen atoms in total. The third-order valence-corrected chi connectivity index (χ3v) is 5.08. The largest absolute Gasteiger partial charge is 0.497 e. The number of amides is 1. The van der Waals surface area contributed by atoms with Crippen molar-refractivity contribution in [3.8, 4) is 23.0 Å². The Morgan fingerprint density at radius 2 is 1.62 bits per heavy atom. The topological polar surface area (TPSA) is 112 Å². The van der Waals surface area contributed by atoms with E-state index >= 15 is 0 Å². The molecule has 0 aliphatic carbocycles. The van der Waals surface area contributed by atoms with E-state index < -0.39 is 9.84 Å². The second kappa shape index (κ2) is 9.37. The third-order valence-electron chi connectivity index (χ3n) is 3.97. The van der Waals surface area contributed by atoms with Crippen LogP contribution in [0.2, 0.25) is 0 Å². The second-order valence-corrected chi connectivity index (χ2v) is 7.93. The van der Waals surface area contributed by atoms with Crippen molar-refractivity contribution in [2.24, 2.45) is 0 Å². The van der Waals surface area contributed by atoms with Crippen LogP contribution in [-0.2, 0) is 14.6 Å². The lowest BCUT2D eigenvalue weighted by Gasteiger charge is -2.16. The summed E-state index contributed by atoms with van der Waals surface area (Å²) < 4.78 is 44.9. The van der Waals surface area contributed by atoms with Gasteiger partial charge in [0.2, 0.25) is 5.91 Å². The summed E-state index contributed by atoms with van der Waals surface area (Å²) in [7, 11) is 2.22. The van der Waals surface area contributed by atoms with Crippen molar-refractivity contribution < 1.29 is 32.2 Å². The van der Waals surface area contributed by atoms with Crippen LogP contribution < -0.4 is 29.6 Å². The molecule has 29 heavy (non-hydrogen) atoms. The van der Waals surface area contributed by atoms with Crippen LogP contribution >= 0.6 is 0 Å². The number of benzene rings is 2. The van der Waals surface area contributed by atoms with Gasteiger partial charge in [-0.1, -0.05) is 0 Å².